The van der Waals surface area contributed by atoms with E-state index in [1.54, 1.807) is 42.5 Å². The Morgan fingerprint density at radius 1 is 0.957 bits per heavy atom. The Bertz CT molecular complexity index is 740. The molecular weight excluding hydrogens is 312 g/mol. The van der Waals surface area contributed by atoms with Crippen LogP contribution in [-0.4, -0.2) is 17.4 Å². The molecule has 0 N–H and O–H groups in total. The molecule has 0 unspecified atom stereocenters. The molecule has 120 valence electrons. The van der Waals surface area contributed by atoms with Crippen molar-refractivity contribution in [3.8, 4) is 11.1 Å². The zero-order valence-electron chi connectivity index (χ0n) is 13.6. The van der Waals surface area contributed by atoms with E-state index < -0.39 is 5.60 Å². The van der Waals surface area contributed by atoms with Gasteiger partial charge in [-0.25, -0.2) is 4.79 Å². The van der Waals surface area contributed by atoms with Crippen LogP contribution >= 0.6 is 11.6 Å². The Balaban J connectivity index is 2.31. The normalized spacial score (nSPS) is 11.2. The van der Waals surface area contributed by atoms with Gasteiger partial charge in [-0.2, -0.15) is 0 Å². The van der Waals surface area contributed by atoms with Gasteiger partial charge in [0, 0.05) is 16.1 Å². The van der Waals surface area contributed by atoms with E-state index in [4.69, 9.17) is 16.3 Å². The molecule has 0 saturated heterocycles. The molecule has 0 bridgehead atoms. The fourth-order valence-corrected chi connectivity index (χ4v) is 2.32. The smallest absolute Gasteiger partial charge is 0.338 e. The highest BCUT2D eigenvalue weighted by molar-refractivity contribution is 6.33. The molecular formula is C19H19ClO3. The van der Waals surface area contributed by atoms with Crippen molar-refractivity contribution in [2.24, 2.45) is 0 Å². The van der Waals surface area contributed by atoms with Crippen molar-refractivity contribution in [1.82, 2.24) is 0 Å². The quantitative estimate of drug-likeness (QED) is 0.576. The molecule has 2 rings (SSSR count). The Morgan fingerprint density at radius 2 is 1.52 bits per heavy atom. The fraction of sp³-hybridized carbons (Fsp3) is 0.263. The Morgan fingerprint density at radius 3 is 2.04 bits per heavy atom. The molecule has 0 spiro atoms. The zero-order valence-corrected chi connectivity index (χ0v) is 14.4. The van der Waals surface area contributed by atoms with Gasteiger partial charge in [-0.1, -0.05) is 23.7 Å². The molecule has 0 fully saturated rings. The van der Waals surface area contributed by atoms with Gasteiger partial charge in [0.1, 0.15) is 5.60 Å². The maximum Gasteiger partial charge on any atom is 0.338 e. The largest absolute Gasteiger partial charge is 0.456 e. The van der Waals surface area contributed by atoms with Crippen molar-refractivity contribution >= 4 is 23.4 Å². The van der Waals surface area contributed by atoms with Crippen LogP contribution in [0.1, 0.15) is 48.4 Å². The fourth-order valence-electron chi connectivity index (χ4n) is 2.09. The Kier molecular flexibility index (Phi) is 4.90. The number of Topliss-reactive ketones (excluding diaryl/α,β-unsaturated/α-hetero) is 1. The summed E-state index contributed by atoms with van der Waals surface area (Å²) in [6.07, 6.45) is 0. The number of esters is 1. The van der Waals surface area contributed by atoms with E-state index in [9.17, 15) is 9.59 Å². The van der Waals surface area contributed by atoms with E-state index >= 15 is 0 Å². The zero-order chi connectivity index (χ0) is 17.2. The molecule has 0 aliphatic rings. The summed E-state index contributed by atoms with van der Waals surface area (Å²) in [5.41, 5.74) is 2.14. The first-order valence-electron chi connectivity index (χ1n) is 7.31. The molecule has 0 aromatic heterocycles. The summed E-state index contributed by atoms with van der Waals surface area (Å²) in [5, 5.41) is 0.556. The van der Waals surface area contributed by atoms with Gasteiger partial charge in [-0.15, -0.1) is 0 Å². The van der Waals surface area contributed by atoms with Crippen LogP contribution in [-0.2, 0) is 4.74 Å². The molecule has 23 heavy (non-hydrogen) atoms. The van der Waals surface area contributed by atoms with Gasteiger partial charge in [0.05, 0.1) is 5.56 Å². The Labute approximate surface area is 141 Å². The molecule has 0 saturated carbocycles. The molecule has 0 heterocycles. The number of carbonyl (C=O) groups excluding carboxylic acids is 2. The maximum atomic E-state index is 12.0. The number of hydrogen-bond acceptors (Lipinski definition) is 3. The van der Waals surface area contributed by atoms with Crippen LogP contribution in [0.4, 0.5) is 0 Å². The number of carbonyl (C=O) groups is 2. The van der Waals surface area contributed by atoms with Crippen molar-refractivity contribution < 1.29 is 14.3 Å². The third-order valence-electron chi connectivity index (χ3n) is 3.20. The lowest BCUT2D eigenvalue weighted by Crippen LogP contribution is -2.23. The first-order chi connectivity index (χ1) is 10.7. The van der Waals surface area contributed by atoms with Crippen molar-refractivity contribution in [3.63, 3.8) is 0 Å². The summed E-state index contributed by atoms with van der Waals surface area (Å²) in [6.45, 7) is 6.99. The van der Waals surface area contributed by atoms with Gasteiger partial charge in [0.15, 0.2) is 5.78 Å². The minimum Gasteiger partial charge on any atom is -0.456 e. The minimum atomic E-state index is -0.533. The second-order valence-corrected chi connectivity index (χ2v) is 6.74. The van der Waals surface area contributed by atoms with Crippen LogP contribution in [0.5, 0.6) is 0 Å². The number of hydrogen-bond donors (Lipinski definition) is 0. The van der Waals surface area contributed by atoms with Crippen LogP contribution in [0.2, 0.25) is 5.02 Å². The lowest BCUT2D eigenvalue weighted by molar-refractivity contribution is 0.00695. The summed E-state index contributed by atoms with van der Waals surface area (Å²) < 4.78 is 5.33. The van der Waals surface area contributed by atoms with E-state index in [1.165, 1.54) is 6.92 Å². The molecule has 0 amide bonds. The van der Waals surface area contributed by atoms with Gasteiger partial charge >= 0.3 is 5.97 Å². The lowest BCUT2D eigenvalue weighted by atomic mass is 10.0. The third kappa shape index (κ3) is 4.42. The van der Waals surface area contributed by atoms with Crippen molar-refractivity contribution in [3.05, 3.63) is 58.6 Å². The monoisotopic (exact) mass is 330 g/mol. The summed E-state index contributed by atoms with van der Waals surface area (Å²) in [4.78, 5) is 23.5. The van der Waals surface area contributed by atoms with Gasteiger partial charge in [0.25, 0.3) is 0 Å². The average Bonchev–Trinajstić information content (AvgIpc) is 2.46. The number of rotatable bonds is 3. The number of ether oxygens (including phenoxy) is 1. The van der Waals surface area contributed by atoms with Gasteiger partial charge < -0.3 is 4.74 Å². The molecule has 2 aromatic carbocycles. The number of ketones is 1. The number of benzene rings is 2. The van der Waals surface area contributed by atoms with Gasteiger partial charge in [-0.05, 0) is 63.6 Å². The van der Waals surface area contributed by atoms with E-state index in [0.29, 0.717) is 16.1 Å². The van der Waals surface area contributed by atoms with Crippen LogP contribution < -0.4 is 0 Å². The van der Waals surface area contributed by atoms with E-state index in [-0.39, 0.29) is 11.8 Å². The van der Waals surface area contributed by atoms with Crippen LogP contribution in [0, 0.1) is 0 Å². The lowest BCUT2D eigenvalue weighted by Gasteiger charge is -2.19. The molecule has 0 aliphatic carbocycles. The summed E-state index contributed by atoms with van der Waals surface area (Å²) in [5.74, 6) is -0.388. The highest BCUT2D eigenvalue weighted by Crippen LogP contribution is 2.29. The van der Waals surface area contributed by atoms with Crippen LogP contribution in [0.3, 0.4) is 0 Å². The Hall–Kier alpha value is -2.13. The topological polar surface area (TPSA) is 43.4 Å². The summed E-state index contributed by atoms with van der Waals surface area (Å²) >= 11 is 6.22. The van der Waals surface area contributed by atoms with E-state index in [0.717, 1.165) is 11.1 Å². The second-order valence-electron chi connectivity index (χ2n) is 6.33. The van der Waals surface area contributed by atoms with Crippen LogP contribution in [0.25, 0.3) is 11.1 Å². The minimum absolute atomic E-state index is 0.0201. The SMILES string of the molecule is CC(=O)c1ccc(Cl)c(-c2ccc(C(=O)OC(C)(C)C)cc2)c1. The molecule has 0 radical (unpaired) electrons. The third-order valence-corrected chi connectivity index (χ3v) is 3.53. The molecule has 4 heteroatoms. The van der Waals surface area contributed by atoms with E-state index in [1.807, 2.05) is 20.8 Å². The highest BCUT2D eigenvalue weighted by Gasteiger charge is 2.18. The predicted molar refractivity (Wildman–Crippen MR) is 92.1 cm³/mol. The standard InChI is InChI=1S/C19H19ClO3/c1-12(21)15-9-10-17(20)16(11-15)13-5-7-14(8-6-13)18(22)23-19(2,3)4/h5-11H,1-4H3. The van der Waals surface area contributed by atoms with Gasteiger partial charge in [-0.3, -0.25) is 4.79 Å². The molecule has 2 aromatic rings. The van der Waals surface area contributed by atoms with Crippen LogP contribution in [0.15, 0.2) is 42.5 Å². The number of halogens is 1. The summed E-state index contributed by atoms with van der Waals surface area (Å²) in [6, 6.07) is 12.1. The second kappa shape index (κ2) is 6.55. The van der Waals surface area contributed by atoms with Crippen molar-refractivity contribution in [2.45, 2.75) is 33.3 Å². The first-order valence-corrected chi connectivity index (χ1v) is 7.69. The van der Waals surface area contributed by atoms with Crippen molar-refractivity contribution in [2.75, 3.05) is 0 Å². The van der Waals surface area contributed by atoms with E-state index in [2.05, 4.69) is 0 Å². The molecule has 0 aliphatic heterocycles. The summed E-state index contributed by atoms with van der Waals surface area (Å²) in [7, 11) is 0. The van der Waals surface area contributed by atoms with Gasteiger partial charge in [0.2, 0.25) is 0 Å². The first kappa shape index (κ1) is 17.2. The molecule has 0 atom stereocenters. The predicted octanol–water partition coefficient (Wildman–Crippen LogP) is 5.16. The average molecular weight is 331 g/mol. The maximum absolute atomic E-state index is 12.0. The highest BCUT2D eigenvalue weighted by atomic mass is 35.5. The van der Waals surface area contributed by atoms with Crippen molar-refractivity contribution in [1.29, 1.82) is 0 Å². The molecule has 3 nitrogen and oxygen atoms in total.